The molecular formula is C14H22BrFN2. The molecule has 0 saturated carbocycles. The molecule has 0 bridgehead atoms. The van der Waals surface area contributed by atoms with Gasteiger partial charge in [0.2, 0.25) is 0 Å². The summed E-state index contributed by atoms with van der Waals surface area (Å²) in [5.41, 5.74) is 1.10. The topological polar surface area (TPSA) is 15.3 Å². The van der Waals surface area contributed by atoms with Crippen LogP contribution in [-0.2, 0) is 0 Å². The van der Waals surface area contributed by atoms with E-state index in [1.165, 1.54) is 18.6 Å². The van der Waals surface area contributed by atoms with Crippen molar-refractivity contribution in [1.29, 1.82) is 0 Å². The van der Waals surface area contributed by atoms with Crippen LogP contribution >= 0.6 is 15.9 Å². The molecule has 2 nitrogen and oxygen atoms in total. The van der Waals surface area contributed by atoms with Gasteiger partial charge in [0.1, 0.15) is 5.82 Å². The first-order chi connectivity index (χ1) is 8.50. The van der Waals surface area contributed by atoms with Gasteiger partial charge in [-0.2, -0.15) is 0 Å². The molecule has 18 heavy (non-hydrogen) atoms. The molecule has 0 radical (unpaired) electrons. The smallest absolute Gasteiger partial charge is 0.124 e. The van der Waals surface area contributed by atoms with E-state index in [-0.39, 0.29) is 11.9 Å². The van der Waals surface area contributed by atoms with Crippen molar-refractivity contribution in [2.75, 3.05) is 27.2 Å². The van der Waals surface area contributed by atoms with Gasteiger partial charge in [-0.15, -0.1) is 0 Å². The summed E-state index contributed by atoms with van der Waals surface area (Å²) < 4.78 is 13.8. The van der Waals surface area contributed by atoms with Crippen LogP contribution in [0.5, 0.6) is 0 Å². The molecule has 0 fully saturated rings. The molecule has 1 aromatic rings. The summed E-state index contributed by atoms with van der Waals surface area (Å²) in [7, 11) is 4.18. The van der Waals surface area contributed by atoms with Crippen LogP contribution < -0.4 is 5.32 Å². The highest BCUT2D eigenvalue weighted by Gasteiger charge is 2.09. The zero-order chi connectivity index (χ0) is 13.5. The van der Waals surface area contributed by atoms with Gasteiger partial charge >= 0.3 is 0 Å². The third-order valence-corrected chi connectivity index (χ3v) is 3.60. The second-order valence-electron chi connectivity index (χ2n) is 4.85. The molecule has 102 valence electrons. The normalized spacial score (nSPS) is 13.0. The Bertz CT molecular complexity index is 369. The Morgan fingerprint density at radius 1 is 1.33 bits per heavy atom. The summed E-state index contributed by atoms with van der Waals surface area (Å²) in [6.07, 6.45) is 2.35. The van der Waals surface area contributed by atoms with Gasteiger partial charge in [-0.25, -0.2) is 4.39 Å². The van der Waals surface area contributed by atoms with Crippen molar-refractivity contribution in [3.05, 3.63) is 34.1 Å². The SMILES string of the molecule is CC(NCCCCN(C)C)c1ccc(F)cc1Br. The third kappa shape index (κ3) is 5.46. The van der Waals surface area contributed by atoms with Gasteiger partial charge < -0.3 is 10.2 Å². The first-order valence-electron chi connectivity index (χ1n) is 6.33. The Morgan fingerprint density at radius 3 is 2.67 bits per heavy atom. The summed E-state index contributed by atoms with van der Waals surface area (Å²) in [6, 6.07) is 5.08. The van der Waals surface area contributed by atoms with Crippen LogP contribution in [0.4, 0.5) is 4.39 Å². The Hall–Kier alpha value is -0.450. The standard InChI is InChI=1S/C14H22BrFN2/c1-11(17-8-4-5-9-18(2)3)13-7-6-12(16)10-14(13)15/h6-7,10-11,17H,4-5,8-9H2,1-3H3. The molecular weight excluding hydrogens is 295 g/mol. The molecule has 4 heteroatoms. The van der Waals surface area contributed by atoms with E-state index >= 15 is 0 Å². The highest BCUT2D eigenvalue weighted by molar-refractivity contribution is 9.10. The lowest BCUT2D eigenvalue weighted by molar-refractivity contribution is 0.389. The molecule has 0 amide bonds. The van der Waals surface area contributed by atoms with Crippen molar-refractivity contribution < 1.29 is 4.39 Å². The number of benzene rings is 1. The average Bonchev–Trinajstić information content (AvgIpc) is 2.27. The molecule has 0 aliphatic rings. The molecule has 1 N–H and O–H groups in total. The molecule has 1 aromatic carbocycles. The van der Waals surface area contributed by atoms with Crippen LogP contribution in [0.1, 0.15) is 31.4 Å². The summed E-state index contributed by atoms with van der Waals surface area (Å²) >= 11 is 3.40. The maximum absolute atomic E-state index is 13.0. The monoisotopic (exact) mass is 316 g/mol. The quantitative estimate of drug-likeness (QED) is 0.773. The van der Waals surface area contributed by atoms with Gasteiger partial charge in [0.15, 0.2) is 0 Å². The maximum Gasteiger partial charge on any atom is 0.124 e. The number of halogens is 2. The number of hydrogen-bond donors (Lipinski definition) is 1. The van der Waals surface area contributed by atoms with Crippen LogP contribution in [-0.4, -0.2) is 32.1 Å². The minimum Gasteiger partial charge on any atom is -0.310 e. The van der Waals surface area contributed by atoms with E-state index in [4.69, 9.17) is 0 Å². The fourth-order valence-electron chi connectivity index (χ4n) is 1.83. The number of rotatable bonds is 7. The van der Waals surface area contributed by atoms with Gasteiger partial charge in [-0.1, -0.05) is 22.0 Å². The summed E-state index contributed by atoms with van der Waals surface area (Å²) in [5, 5.41) is 3.46. The molecule has 0 spiro atoms. The van der Waals surface area contributed by atoms with E-state index in [2.05, 4.69) is 47.2 Å². The Morgan fingerprint density at radius 2 is 2.06 bits per heavy atom. The largest absolute Gasteiger partial charge is 0.310 e. The van der Waals surface area contributed by atoms with Gasteiger partial charge in [0, 0.05) is 10.5 Å². The van der Waals surface area contributed by atoms with Gasteiger partial charge in [-0.3, -0.25) is 0 Å². The number of nitrogens with zero attached hydrogens (tertiary/aromatic N) is 1. The van der Waals surface area contributed by atoms with E-state index in [0.717, 1.165) is 29.5 Å². The second kappa shape index (κ2) is 7.87. The van der Waals surface area contributed by atoms with Crippen molar-refractivity contribution in [1.82, 2.24) is 10.2 Å². The van der Waals surface area contributed by atoms with Crippen molar-refractivity contribution in [3.63, 3.8) is 0 Å². The highest BCUT2D eigenvalue weighted by Crippen LogP contribution is 2.24. The highest BCUT2D eigenvalue weighted by atomic mass is 79.9. The lowest BCUT2D eigenvalue weighted by Gasteiger charge is -2.16. The summed E-state index contributed by atoms with van der Waals surface area (Å²) in [4.78, 5) is 2.19. The Labute approximate surface area is 118 Å². The van der Waals surface area contributed by atoms with Gasteiger partial charge in [-0.05, 0) is 64.6 Å². The molecule has 0 saturated heterocycles. The molecule has 0 heterocycles. The first-order valence-corrected chi connectivity index (χ1v) is 7.13. The second-order valence-corrected chi connectivity index (χ2v) is 5.71. The van der Waals surface area contributed by atoms with Crippen molar-refractivity contribution in [2.45, 2.75) is 25.8 Å². The molecule has 0 aliphatic carbocycles. The fourth-order valence-corrected chi connectivity index (χ4v) is 2.53. The molecule has 0 aliphatic heterocycles. The van der Waals surface area contributed by atoms with Crippen molar-refractivity contribution in [3.8, 4) is 0 Å². The van der Waals surface area contributed by atoms with E-state index in [9.17, 15) is 4.39 Å². The van der Waals surface area contributed by atoms with Crippen LogP contribution in [0.3, 0.4) is 0 Å². The van der Waals surface area contributed by atoms with Crippen LogP contribution in [0.25, 0.3) is 0 Å². The third-order valence-electron chi connectivity index (χ3n) is 2.91. The molecule has 1 atom stereocenters. The summed E-state index contributed by atoms with van der Waals surface area (Å²) in [6.45, 7) is 4.21. The maximum atomic E-state index is 13.0. The average molecular weight is 317 g/mol. The van der Waals surface area contributed by atoms with Gasteiger partial charge in [0.25, 0.3) is 0 Å². The minimum absolute atomic E-state index is 0.205. The van der Waals surface area contributed by atoms with Crippen LogP contribution in [0.2, 0.25) is 0 Å². The zero-order valence-electron chi connectivity index (χ0n) is 11.3. The van der Waals surface area contributed by atoms with Crippen LogP contribution in [0, 0.1) is 5.82 Å². The molecule has 1 rings (SSSR count). The molecule has 0 aromatic heterocycles. The Balaban J connectivity index is 2.34. The zero-order valence-corrected chi connectivity index (χ0v) is 12.9. The van der Waals surface area contributed by atoms with E-state index < -0.39 is 0 Å². The van der Waals surface area contributed by atoms with Crippen LogP contribution in [0.15, 0.2) is 22.7 Å². The first kappa shape index (κ1) is 15.6. The van der Waals surface area contributed by atoms with Crippen molar-refractivity contribution >= 4 is 15.9 Å². The molecule has 1 unspecified atom stereocenters. The number of hydrogen-bond acceptors (Lipinski definition) is 2. The fraction of sp³-hybridized carbons (Fsp3) is 0.571. The predicted molar refractivity (Wildman–Crippen MR) is 78.3 cm³/mol. The Kier molecular flexibility index (Phi) is 6.82. The van der Waals surface area contributed by atoms with E-state index in [0.29, 0.717) is 0 Å². The number of unbranched alkanes of at least 4 members (excludes halogenated alkanes) is 1. The van der Waals surface area contributed by atoms with E-state index in [1.807, 2.05) is 6.07 Å². The van der Waals surface area contributed by atoms with Gasteiger partial charge in [0.05, 0.1) is 0 Å². The lowest BCUT2D eigenvalue weighted by Crippen LogP contribution is -2.21. The minimum atomic E-state index is -0.205. The lowest BCUT2D eigenvalue weighted by atomic mass is 10.1. The van der Waals surface area contributed by atoms with E-state index in [1.54, 1.807) is 0 Å². The predicted octanol–water partition coefficient (Wildman–Crippen LogP) is 3.58. The van der Waals surface area contributed by atoms with Crippen molar-refractivity contribution in [2.24, 2.45) is 0 Å². The summed E-state index contributed by atoms with van der Waals surface area (Å²) in [5.74, 6) is -0.205. The number of nitrogens with one attached hydrogen (secondary N) is 1.